The van der Waals surface area contributed by atoms with E-state index in [2.05, 4.69) is 22.9 Å². The highest BCUT2D eigenvalue weighted by molar-refractivity contribution is 9.09. The molecule has 0 aromatic rings. The Morgan fingerprint density at radius 2 is 1.31 bits per heavy atom. The Hall–Kier alpha value is 1.35. The highest BCUT2D eigenvalue weighted by Crippen LogP contribution is 2.37. The smallest absolute Gasteiger partial charge is 0.0844 e. The lowest BCUT2D eigenvalue weighted by Crippen LogP contribution is -2.18. The number of rotatable bonds is 9. The van der Waals surface area contributed by atoms with E-state index in [0.29, 0.717) is 0 Å². The van der Waals surface area contributed by atoms with Crippen LogP contribution < -0.4 is 0 Å². The third-order valence-electron chi connectivity index (χ3n) is 2.67. The van der Waals surface area contributed by atoms with Crippen molar-refractivity contribution in [2.75, 3.05) is 0 Å². The number of unbranched alkanes of at least 4 members (excludes halogenated alkanes) is 7. The van der Waals surface area contributed by atoms with Crippen LogP contribution >= 0.6 is 50.7 Å². The molecule has 0 aromatic heterocycles. The van der Waals surface area contributed by atoms with Gasteiger partial charge in [-0.1, -0.05) is 109 Å². The SMILES string of the molecule is CCCCCCCCCCC(Br)C(Cl)(Cl)Cl. The Morgan fingerprint density at radius 3 is 1.75 bits per heavy atom. The Morgan fingerprint density at radius 1 is 0.875 bits per heavy atom. The largest absolute Gasteiger partial charge is 0.202 e. The highest BCUT2D eigenvalue weighted by Gasteiger charge is 2.29. The second-order valence-corrected chi connectivity index (χ2v) is 7.75. The monoisotopic (exact) mass is 350 g/mol. The van der Waals surface area contributed by atoms with Crippen LogP contribution in [-0.2, 0) is 0 Å². The van der Waals surface area contributed by atoms with E-state index in [0.717, 1.165) is 12.8 Å². The van der Waals surface area contributed by atoms with Gasteiger partial charge >= 0.3 is 0 Å². The van der Waals surface area contributed by atoms with Crippen LogP contribution in [0.2, 0.25) is 0 Å². The topological polar surface area (TPSA) is 0 Å². The maximum atomic E-state index is 5.76. The van der Waals surface area contributed by atoms with Crippen LogP contribution in [0.4, 0.5) is 0 Å². The zero-order chi connectivity index (χ0) is 12.4. The number of hydrogen-bond donors (Lipinski definition) is 0. The van der Waals surface area contributed by atoms with Gasteiger partial charge in [0, 0.05) is 0 Å². The van der Waals surface area contributed by atoms with Crippen molar-refractivity contribution in [3.63, 3.8) is 0 Å². The fourth-order valence-corrected chi connectivity index (χ4v) is 2.27. The lowest BCUT2D eigenvalue weighted by molar-refractivity contribution is 0.562. The van der Waals surface area contributed by atoms with Gasteiger partial charge in [0.25, 0.3) is 0 Å². The van der Waals surface area contributed by atoms with Gasteiger partial charge in [-0.2, -0.15) is 0 Å². The van der Waals surface area contributed by atoms with Crippen molar-refractivity contribution >= 4 is 50.7 Å². The van der Waals surface area contributed by atoms with E-state index in [4.69, 9.17) is 34.8 Å². The molecule has 4 heteroatoms. The molecule has 0 nitrogen and oxygen atoms in total. The first-order valence-electron chi connectivity index (χ1n) is 6.19. The van der Waals surface area contributed by atoms with Gasteiger partial charge < -0.3 is 0 Å². The van der Waals surface area contributed by atoms with E-state index in [1.165, 1.54) is 44.9 Å². The third kappa shape index (κ3) is 10.5. The van der Waals surface area contributed by atoms with E-state index in [9.17, 15) is 0 Å². The second-order valence-electron chi connectivity index (χ2n) is 4.27. The van der Waals surface area contributed by atoms with E-state index >= 15 is 0 Å². The number of alkyl halides is 4. The minimum atomic E-state index is -1.17. The van der Waals surface area contributed by atoms with Gasteiger partial charge in [-0.25, -0.2) is 0 Å². The maximum absolute atomic E-state index is 5.76. The summed E-state index contributed by atoms with van der Waals surface area (Å²) in [5, 5.41) is 0. The molecule has 1 atom stereocenters. The molecule has 0 bridgehead atoms. The van der Waals surface area contributed by atoms with Gasteiger partial charge in [-0.15, -0.1) is 0 Å². The summed E-state index contributed by atoms with van der Waals surface area (Å²) in [4.78, 5) is -0.0231. The van der Waals surface area contributed by atoms with Crippen molar-refractivity contribution in [3.05, 3.63) is 0 Å². The zero-order valence-corrected chi connectivity index (χ0v) is 13.8. The predicted molar refractivity (Wildman–Crippen MR) is 80.2 cm³/mol. The molecular weight excluding hydrogens is 330 g/mol. The summed E-state index contributed by atoms with van der Waals surface area (Å²) < 4.78 is -1.17. The van der Waals surface area contributed by atoms with Crippen LogP contribution in [-0.4, -0.2) is 8.62 Å². The molecule has 98 valence electrons. The van der Waals surface area contributed by atoms with Gasteiger partial charge in [0.05, 0.1) is 4.83 Å². The molecule has 0 fully saturated rings. The first-order valence-corrected chi connectivity index (χ1v) is 8.24. The van der Waals surface area contributed by atoms with E-state index < -0.39 is 3.79 Å². The van der Waals surface area contributed by atoms with E-state index in [1.54, 1.807) is 0 Å². The summed E-state index contributed by atoms with van der Waals surface area (Å²) in [7, 11) is 0. The molecule has 0 N–H and O–H groups in total. The molecule has 0 aliphatic carbocycles. The number of halogens is 4. The Kier molecular flexibility index (Phi) is 11.2. The highest BCUT2D eigenvalue weighted by atomic mass is 79.9. The number of hydrogen-bond acceptors (Lipinski definition) is 0. The lowest BCUT2D eigenvalue weighted by Gasteiger charge is -2.17. The minimum Gasteiger partial charge on any atom is -0.0844 e. The summed E-state index contributed by atoms with van der Waals surface area (Å²) in [6, 6.07) is 0. The van der Waals surface area contributed by atoms with Gasteiger partial charge in [0.2, 0.25) is 3.79 Å². The molecular formula is C12H22BrCl3. The molecule has 1 unspecified atom stereocenters. The summed E-state index contributed by atoms with van der Waals surface area (Å²) in [5.41, 5.74) is 0. The van der Waals surface area contributed by atoms with Crippen molar-refractivity contribution in [1.29, 1.82) is 0 Å². The summed E-state index contributed by atoms with van der Waals surface area (Å²) in [5.74, 6) is 0. The molecule has 16 heavy (non-hydrogen) atoms. The standard InChI is InChI=1S/C12H22BrCl3/c1-2-3-4-5-6-7-8-9-10-11(13)12(14,15)16/h11H,2-10H2,1H3. The van der Waals surface area contributed by atoms with Crippen LogP contribution in [0.15, 0.2) is 0 Å². The Balaban J connectivity index is 3.21. The summed E-state index contributed by atoms with van der Waals surface area (Å²) in [6.45, 7) is 2.24. The Bertz CT molecular complexity index is 157. The van der Waals surface area contributed by atoms with Crippen molar-refractivity contribution in [2.24, 2.45) is 0 Å². The molecule has 0 radical (unpaired) electrons. The van der Waals surface area contributed by atoms with Crippen molar-refractivity contribution < 1.29 is 0 Å². The molecule has 0 aliphatic rings. The van der Waals surface area contributed by atoms with E-state index in [-0.39, 0.29) is 4.83 Å². The normalized spacial score (nSPS) is 14.1. The average Bonchev–Trinajstić information content (AvgIpc) is 2.20. The van der Waals surface area contributed by atoms with Gasteiger partial charge in [0.15, 0.2) is 0 Å². The molecule has 0 spiro atoms. The second kappa shape index (κ2) is 10.3. The zero-order valence-electron chi connectivity index (χ0n) is 9.95. The fourth-order valence-electron chi connectivity index (χ4n) is 1.62. The summed E-state index contributed by atoms with van der Waals surface area (Å²) in [6.07, 6.45) is 11.4. The molecule has 0 aromatic carbocycles. The summed E-state index contributed by atoms with van der Waals surface area (Å²) >= 11 is 20.7. The van der Waals surface area contributed by atoms with Gasteiger partial charge in [-0.3, -0.25) is 0 Å². The van der Waals surface area contributed by atoms with Gasteiger partial charge in [-0.05, 0) is 6.42 Å². The van der Waals surface area contributed by atoms with Crippen molar-refractivity contribution in [2.45, 2.75) is 73.3 Å². The first-order chi connectivity index (χ1) is 7.48. The molecule has 0 amide bonds. The molecule has 0 saturated carbocycles. The van der Waals surface area contributed by atoms with Crippen LogP contribution in [0, 0.1) is 0 Å². The van der Waals surface area contributed by atoms with Crippen LogP contribution in [0.25, 0.3) is 0 Å². The van der Waals surface area contributed by atoms with Crippen molar-refractivity contribution in [1.82, 2.24) is 0 Å². The van der Waals surface area contributed by atoms with Gasteiger partial charge in [0.1, 0.15) is 0 Å². The van der Waals surface area contributed by atoms with Crippen LogP contribution in [0.5, 0.6) is 0 Å². The average molecular weight is 353 g/mol. The van der Waals surface area contributed by atoms with Crippen molar-refractivity contribution in [3.8, 4) is 0 Å². The molecule has 0 rings (SSSR count). The molecule has 0 saturated heterocycles. The molecule has 0 heterocycles. The predicted octanol–water partition coefficient (Wildman–Crippen LogP) is 6.65. The minimum absolute atomic E-state index is 0.0231. The first kappa shape index (κ1) is 17.4. The van der Waals surface area contributed by atoms with Crippen LogP contribution in [0.3, 0.4) is 0 Å². The lowest BCUT2D eigenvalue weighted by atomic mass is 10.1. The Labute approximate surface area is 124 Å². The van der Waals surface area contributed by atoms with Crippen LogP contribution in [0.1, 0.15) is 64.7 Å². The fraction of sp³-hybridized carbons (Fsp3) is 1.00. The maximum Gasteiger partial charge on any atom is 0.202 e. The quantitative estimate of drug-likeness (QED) is 0.322. The molecule has 0 aliphatic heterocycles. The van der Waals surface area contributed by atoms with E-state index in [1.807, 2.05) is 0 Å². The third-order valence-corrected chi connectivity index (χ3v) is 5.39.